The van der Waals surface area contributed by atoms with Crippen LogP contribution in [0.3, 0.4) is 0 Å². The maximum Gasteiger partial charge on any atom is 0.417 e. The summed E-state index contributed by atoms with van der Waals surface area (Å²) in [6, 6.07) is 18.2. The topological polar surface area (TPSA) is 112 Å². The van der Waals surface area contributed by atoms with Gasteiger partial charge in [-0.3, -0.25) is 9.59 Å². The second kappa shape index (κ2) is 19.3. The van der Waals surface area contributed by atoms with Crippen molar-refractivity contribution in [2.75, 3.05) is 0 Å². The largest absolute Gasteiger partial charge is 0.443 e. The molecule has 2 aromatic carbocycles. The van der Waals surface area contributed by atoms with Gasteiger partial charge in [0.1, 0.15) is 23.3 Å². The quantitative estimate of drug-likeness (QED) is 0.171. The van der Waals surface area contributed by atoms with Gasteiger partial charge in [0, 0.05) is 21.1 Å². The molecule has 4 amide bonds. The first-order valence-corrected chi connectivity index (χ1v) is 21.5. The van der Waals surface area contributed by atoms with Crippen molar-refractivity contribution in [1.82, 2.24) is 9.80 Å². The van der Waals surface area contributed by atoms with Gasteiger partial charge in [-0.2, -0.15) is 0 Å². The van der Waals surface area contributed by atoms with E-state index in [1.54, 1.807) is 41.5 Å². The zero-order valence-corrected chi connectivity index (χ0v) is 38.9. The normalized spacial score (nSPS) is 20.3. The maximum absolute atomic E-state index is 12.8. The Kier molecular flexibility index (Phi) is 16.9. The van der Waals surface area contributed by atoms with Crippen LogP contribution < -0.4 is 0 Å². The Bertz CT molecular complexity index is 1380. The summed E-state index contributed by atoms with van der Waals surface area (Å²) in [6.07, 6.45) is -2.47. The third-order valence-electron chi connectivity index (χ3n) is 8.36. The fourth-order valence-corrected chi connectivity index (χ4v) is 11.1. The number of carbonyl (C=O) groups is 4. The maximum atomic E-state index is 12.8. The third kappa shape index (κ3) is 12.2. The molecule has 2 fully saturated rings. The predicted octanol–water partition coefficient (Wildman–Crippen LogP) is 9.40. The molecule has 0 aromatic heterocycles. The molecular weight excluding hydrogens is 876 g/mol. The van der Waals surface area contributed by atoms with Crippen LogP contribution >= 0.6 is 0 Å². The van der Waals surface area contributed by atoms with Gasteiger partial charge in [-0.25, -0.2) is 19.4 Å². The van der Waals surface area contributed by atoms with Crippen LogP contribution in [0.25, 0.3) is 0 Å². The molecule has 0 saturated carbocycles. The summed E-state index contributed by atoms with van der Waals surface area (Å²) >= 11 is 0. The van der Waals surface area contributed by atoms with Gasteiger partial charge in [0.15, 0.2) is 12.2 Å². The number of β-lactam (4-membered cyclic amide) rings is 2. The van der Waals surface area contributed by atoms with Crippen molar-refractivity contribution in [2.45, 2.75) is 155 Å². The van der Waals surface area contributed by atoms with Crippen LogP contribution in [0.1, 0.15) is 120 Å². The Hall–Kier alpha value is -2.64. The first kappa shape index (κ1) is 46.5. The Labute approximate surface area is 335 Å². The van der Waals surface area contributed by atoms with E-state index in [1.165, 1.54) is 9.80 Å². The van der Waals surface area contributed by atoms with E-state index in [0.717, 1.165) is 11.1 Å². The van der Waals surface area contributed by atoms with Crippen molar-refractivity contribution in [1.29, 1.82) is 0 Å². The molecule has 2 aliphatic rings. The molecule has 0 unspecified atom stereocenters. The summed E-state index contributed by atoms with van der Waals surface area (Å²) in [7, 11) is -2.39. The van der Waals surface area contributed by atoms with E-state index in [4.69, 9.17) is 18.3 Å². The second-order valence-electron chi connectivity index (χ2n) is 16.6. The van der Waals surface area contributed by atoms with Gasteiger partial charge in [0.05, 0.1) is 0 Å². The number of likely N-dealkylation sites (tertiary alicyclic amines) is 2. The van der Waals surface area contributed by atoms with E-state index in [2.05, 4.69) is 55.4 Å². The summed E-state index contributed by atoms with van der Waals surface area (Å²) in [4.78, 5) is 53.1. The van der Waals surface area contributed by atoms with Crippen LogP contribution in [-0.2, 0) is 49.0 Å². The molecule has 0 N–H and O–H groups in total. The first-order chi connectivity index (χ1) is 24.1. The summed E-state index contributed by atoms with van der Waals surface area (Å²) in [5.41, 5.74) is 1.96. The molecule has 0 spiro atoms. The minimum absolute atomic E-state index is 0. The molecule has 13 heteroatoms. The molecule has 0 bridgehead atoms. The summed E-state index contributed by atoms with van der Waals surface area (Å²) in [5.74, 6) is -0.617. The van der Waals surface area contributed by atoms with Crippen LogP contribution in [0.4, 0.5) is 9.59 Å². The monoisotopic (exact) mass is 936 g/mol. The second-order valence-corrected chi connectivity index (χ2v) is 23.3. The summed E-state index contributed by atoms with van der Waals surface area (Å²) < 4.78 is 23.5. The van der Waals surface area contributed by atoms with Crippen molar-refractivity contribution in [3.8, 4) is 0 Å². The molecule has 2 heterocycles. The van der Waals surface area contributed by atoms with E-state index in [-0.39, 0.29) is 32.9 Å². The molecule has 292 valence electrons. The number of imide groups is 2. The van der Waals surface area contributed by atoms with E-state index in [1.807, 2.05) is 60.7 Å². The van der Waals surface area contributed by atoms with Gasteiger partial charge >= 0.3 is 12.2 Å². The van der Waals surface area contributed by atoms with E-state index in [9.17, 15) is 19.2 Å². The average Bonchev–Trinajstić information content (AvgIpc) is 3.01. The van der Waals surface area contributed by atoms with Crippen LogP contribution in [-0.4, -0.2) is 75.3 Å². The standard InChI is InChI=1S/2C20H30NO4Si.W/c2*1-13(2)26(14(3)4)25-17-16(15-11-9-8-10-12-15)21(18(17)22)19(23)24-20(5,6)7;/h2*8-14,16-17H,1-7H3;/t2*16-,17+;/m00./s1. The Morgan fingerprint density at radius 2 is 0.811 bits per heavy atom. The van der Waals surface area contributed by atoms with Gasteiger partial charge < -0.3 is 18.3 Å². The van der Waals surface area contributed by atoms with Crippen LogP contribution in [0, 0.1) is 0 Å². The molecule has 2 aliphatic heterocycles. The van der Waals surface area contributed by atoms with Crippen molar-refractivity contribution >= 4 is 42.1 Å². The Morgan fingerprint density at radius 3 is 1.04 bits per heavy atom. The van der Waals surface area contributed by atoms with Gasteiger partial charge in [0.2, 0.25) is 18.1 Å². The fourth-order valence-electron chi connectivity index (χ4n) is 6.30. The number of carbonyl (C=O) groups excluding carboxylic acids is 4. The molecule has 2 radical (unpaired) electrons. The Balaban J connectivity index is 0.000000360. The fraction of sp³-hybridized carbons (Fsp3) is 0.600. The van der Waals surface area contributed by atoms with Crippen molar-refractivity contribution < 1.29 is 58.6 Å². The zero-order valence-electron chi connectivity index (χ0n) is 34.0. The summed E-state index contributed by atoms with van der Waals surface area (Å²) in [5, 5.41) is 0. The molecule has 2 aromatic rings. The number of ether oxygens (including phenoxy) is 2. The van der Waals surface area contributed by atoms with Gasteiger partial charge in [-0.15, -0.1) is 0 Å². The predicted molar refractivity (Wildman–Crippen MR) is 206 cm³/mol. The van der Waals surface area contributed by atoms with E-state index >= 15 is 0 Å². The minimum atomic E-state index is -1.19. The van der Waals surface area contributed by atoms with Gasteiger partial charge in [0.25, 0.3) is 11.8 Å². The molecule has 10 nitrogen and oxygen atoms in total. The minimum Gasteiger partial charge on any atom is -0.443 e. The van der Waals surface area contributed by atoms with Crippen LogP contribution in [0.5, 0.6) is 0 Å². The number of hydrogen-bond acceptors (Lipinski definition) is 8. The number of benzene rings is 2. The van der Waals surface area contributed by atoms with Gasteiger partial charge in [-0.1, -0.05) is 116 Å². The number of rotatable bonds is 10. The third-order valence-corrected chi connectivity index (χ3v) is 14.0. The Morgan fingerprint density at radius 1 is 0.547 bits per heavy atom. The number of amides is 4. The molecule has 53 heavy (non-hydrogen) atoms. The number of nitrogens with zero attached hydrogens (tertiary/aromatic N) is 2. The van der Waals surface area contributed by atoms with Crippen molar-refractivity contribution in [3.05, 3.63) is 71.8 Å². The zero-order chi connectivity index (χ0) is 39.3. The van der Waals surface area contributed by atoms with E-state index in [0.29, 0.717) is 22.2 Å². The van der Waals surface area contributed by atoms with E-state index < -0.39 is 65.8 Å². The molecular formula is C40H60N2O8Si2W. The smallest absolute Gasteiger partial charge is 0.417 e. The molecule has 4 atom stereocenters. The van der Waals surface area contributed by atoms with Crippen LogP contribution in [0.15, 0.2) is 60.7 Å². The average molecular weight is 937 g/mol. The summed E-state index contributed by atoms with van der Waals surface area (Å²) in [6.45, 7) is 27.8. The molecule has 0 aliphatic carbocycles. The number of hydrogen-bond donors (Lipinski definition) is 0. The van der Waals surface area contributed by atoms with Crippen molar-refractivity contribution in [3.63, 3.8) is 0 Å². The first-order valence-electron chi connectivity index (χ1n) is 18.3. The van der Waals surface area contributed by atoms with Crippen molar-refractivity contribution in [2.24, 2.45) is 0 Å². The van der Waals surface area contributed by atoms with Crippen LogP contribution in [0.2, 0.25) is 22.2 Å². The molecule has 4 rings (SSSR count). The molecule has 2 saturated heterocycles. The SMILES string of the molecule is CC(C)[Si](O[C@H]1C(=O)N(C(=O)OC(C)(C)C)[C@H]1c1ccccc1)C(C)C.CC(C)[Si](O[C@H]1C(=O)N(C(=O)OC(C)(C)C)[C@H]1c1ccccc1)C(C)C.[W]. The van der Waals surface area contributed by atoms with Gasteiger partial charge in [-0.05, 0) is 74.8 Å².